The van der Waals surface area contributed by atoms with Gasteiger partial charge in [-0.3, -0.25) is 0 Å². The van der Waals surface area contributed by atoms with Gasteiger partial charge >= 0.3 is 6.85 Å². The molecule has 2 aliphatic rings. The zero-order valence-electron chi connectivity index (χ0n) is 33.6. The predicted octanol–water partition coefficient (Wildman–Crippen LogP) is 12.7. The van der Waals surface area contributed by atoms with Crippen molar-refractivity contribution in [1.82, 2.24) is 13.4 Å². The van der Waals surface area contributed by atoms with Crippen molar-refractivity contribution in [3.63, 3.8) is 0 Å². The number of benzene rings is 8. The standard InChI is InChI=1S/C54H40BN3/c1-53(2,3)29-23-24-43-36(25-29)37-26-30(54(4,5)6)27-39-45-32-16-7-8-17-33(32)46-34-18-10-13-21-41(34)57-44-28-38-31-15-9-12-20-40(31)56-42-22-14-11-19-35(42)47(51(38)56)48(44)55(49(45)52(46)57)58(43)50(37)39/h7-28H,1-6H3. The molecule has 4 heteroatoms. The van der Waals surface area contributed by atoms with Crippen molar-refractivity contribution >= 4 is 110 Å². The zero-order chi connectivity index (χ0) is 38.7. The first-order chi connectivity index (χ1) is 28.1. The first-order valence-electron chi connectivity index (χ1n) is 20.9. The van der Waals surface area contributed by atoms with Crippen molar-refractivity contribution < 1.29 is 0 Å². The maximum absolute atomic E-state index is 2.78. The van der Waals surface area contributed by atoms with Crippen molar-refractivity contribution in [3.05, 3.63) is 145 Å². The highest BCUT2D eigenvalue weighted by Gasteiger charge is 2.45. The fraction of sp³-hybridized carbons (Fsp3) is 0.148. The Hall–Kier alpha value is -6.52. The number of para-hydroxylation sites is 3. The van der Waals surface area contributed by atoms with E-state index in [9.17, 15) is 0 Å². The topological polar surface area (TPSA) is 14.3 Å². The lowest BCUT2D eigenvalue weighted by Crippen LogP contribution is -2.55. The van der Waals surface area contributed by atoms with E-state index >= 15 is 0 Å². The van der Waals surface area contributed by atoms with Crippen LogP contribution in [0.25, 0.3) is 109 Å². The molecule has 0 aliphatic carbocycles. The maximum Gasteiger partial charge on any atom is 0.333 e. The first-order valence-corrected chi connectivity index (χ1v) is 20.9. The van der Waals surface area contributed by atoms with E-state index in [-0.39, 0.29) is 17.7 Å². The fourth-order valence-corrected chi connectivity index (χ4v) is 11.7. The molecule has 0 spiro atoms. The minimum absolute atomic E-state index is 0.0195. The quantitative estimate of drug-likeness (QED) is 0.137. The van der Waals surface area contributed by atoms with Crippen LogP contribution in [0.15, 0.2) is 133 Å². The van der Waals surface area contributed by atoms with Gasteiger partial charge < -0.3 is 13.4 Å². The molecule has 0 radical (unpaired) electrons. The molecule has 8 aromatic carbocycles. The van der Waals surface area contributed by atoms with Crippen molar-refractivity contribution in [2.24, 2.45) is 0 Å². The molecule has 3 nitrogen and oxygen atoms in total. The van der Waals surface area contributed by atoms with Crippen LogP contribution in [0.5, 0.6) is 0 Å². The van der Waals surface area contributed by atoms with Gasteiger partial charge in [0.15, 0.2) is 0 Å². The van der Waals surface area contributed by atoms with Crippen molar-refractivity contribution in [1.29, 1.82) is 0 Å². The highest BCUT2D eigenvalue weighted by molar-refractivity contribution is 6.92. The maximum atomic E-state index is 2.78. The van der Waals surface area contributed by atoms with E-state index in [1.165, 1.54) is 131 Å². The van der Waals surface area contributed by atoms with Crippen LogP contribution in [-0.4, -0.2) is 20.3 Å². The van der Waals surface area contributed by atoms with Gasteiger partial charge in [0.2, 0.25) is 0 Å². The number of rotatable bonds is 0. The Labute approximate surface area is 336 Å². The highest BCUT2D eigenvalue weighted by Crippen LogP contribution is 2.51. The van der Waals surface area contributed by atoms with Gasteiger partial charge in [0.25, 0.3) is 0 Å². The van der Waals surface area contributed by atoms with Crippen LogP contribution in [0.2, 0.25) is 0 Å². The Balaban J connectivity index is 1.32. The summed E-state index contributed by atoms with van der Waals surface area (Å²) in [5.41, 5.74) is 18.7. The largest absolute Gasteiger partial charge is 0.375 e. The smallest absolute Gasteiger partial charge is 0.333 e. The van der Waals surface area contributed by atoms with Crippen LogP contribution in [0.1, 0.15) is 52.7 Å². The summed E-state index contributed by atoms with van der Waals surface area (Å²) in [6.45, 7) is 14.1. The number of hydrogen-bond acceptors (Lipinski definition) is 0. The Morgan fingerprint density at radius 3 is 1.72 bits per heavy atom. The number of aromatic nitrogens is 3. The van der Waals surface area contributed by atoms with Crippen molar-refractivity contribution in [2.45, 2.75) is 52.4 Å². The van der Waals surface area contributed by atoms with Gasteiger partial charge in [0.1, 0.15) is 0 Å². The third kappa shape index (κ3) is 3.49. The lowest BCUT2D eigenvalue weighted by Gasteiger charge is -2.35. The van der Waals surface area contributed by atoms with E-state index in [0.29, 0.717) is 0 Å². The van der Waals surface area contributed by atoms with Crippen molar-refractivity contribution in [2.75, 3.05) is 0 Å². The number of nitrogens with zero attached hydrogens (tertiary/aromatic N) is 3. The number of hydrogen-bond donors (Lipinski definition) is 0. The molecule has 0 fully saturated rings. The third-order valence-electron chi connectivity index (χ3n) is 14.2. The van der Waals surface area contributed by atoms with E-state index < -0.39 is 0 Å². The molecule has 0 saturated heterocycles. The summed E-state index contributed by atoms with van der Waals surface area (Å²) in [4.78, 5) is 0. The van der Waals surface area contributed by atoms with Crippen LogP contribution in [0.4, 0.5) is 0 Å². The monoisotopic (exact) mass is 741 g/mol. The summed E-state index contributed by atoms with van der Waals surface area (Å²) in [7, 11) is 0. The molecular weight excluding hydrogens is 701 g/mol. The van der Waals surface area contributed by atoms with Crippen LogP contribution in [-0.2, 0) is 10.8 Å². The third-order valence-corrected chi connectivity index (χ3v) is 14.2. The van der Waals surface area contributed by atoms with Crippen LogP contribution < -0.4 is 10.9 Å². The average Bonchev–Trinajstić information content (AvgIpc) is 3.95. The molecule has 0 N–H and O–H groups in total. The van der Waals surface area contributed by atoms with Gasteiger partial charge in [0.05, 0.1) is 27.6 Å². The zero-order valence-corrected chi connectivity index (χ0v) is 33.6. The van der Waals surface area contributed by atoms with Gasteiger partial charge in [-0.15, -0.1) is 0 Å². The molecule has 0 unspecified atom stereocenters. The van der Waals surface area contributed by atoms with Crippen LogP contribution in [0, 0.1) is 0 Å². The van der Waals surface area contributed by atoms with E-state index in [4.69, 9.17) is 0 Å². The van der Waals surface area contributed by atoms with E-state index in [0.717, 1.165) is 0 Å². The normalized spacial score (nSPS) is 14.0. The second kappa shape index (κ2) is 9.95. The van der Waals surface area contributed by atoms with E-state index in [1.807, 2.05) is 0 Å². The molecule has 6 heterocycles. The minimum Gasteiger partial charge on any atom is -0.375 e. The second-order valence-electron chi connectivity index (χ2n) is 19.3. The highest BCUT2D eigenvalue weighted by atomic mass is 15.0. The molecule has 2 aliphatic heterocycles. The van der Waals surface area contributed by atoms with Gasteiger partial charge in [-0.05, 0) is 97.7 Å². The van der Waals surface area contributed by atoms with Crippen LogP contribution in [0.3, 0.4) is 0 Å². The fourth-order valence-electron chi connectivity index (χ4n) is 11.7. The Kier molecular flexibility index (Phi) is 5.41. The molecule has 12 aromatic rings. The summed E-state index contributed by atoms with van der Waals surface area (Å²) in [5.74, 6) is 0. The predicted molar refractivity (Wildman–Crippen MR) is 249 cm³/mol. The molecular formula is C54H40BN3. The summed E-state index contributed by atoms with van der Waals surface area (Å²) < 4.78 is 8.01. The average molecular weight is 742 g/mol. The first kappa shape index (κ1) is 31.6. The number of fused-ring (bicyclic) bond motifs is 21. The molecule has 0 saturated carbocycles. The Morgan fingerprint density at radius 1 is 0.414 bits per heavy atom. The summed E-state index contributed by atoms with van der Waals surface area (Å²) in [6.07, 6.45) is 0. The van der Waals surface area contributed by atoms with Gasteiger partial charge in [0, 0.05) is 65.4 Å². The van der Waals surface area contributed by atoms with Gasteiger partial charge in [-0.2, -0.15) is 0 Å². The SMILES string of the molecule is CC(C)(C)c1ccc2c(c1)c1cc(C(C)(C)C)cc3c1n2B1c2c(cc4c5ccccc5n5c6ccccc6c2c45)-n2c4ccccc4c4c5ccccc5c-3c1c42. The lowest BCUT2D eigenvalue weighted by atomic mass is 9.44. The second-order valence-corrected chi connectivity index (χ2v) is 19.3. The van der Waals surface area contributed by atoms with Crippen molar-refractivity contribution in [3.8, 4) is 16.8 Å². The minimum atomic E-state index is -0.0561. The summed E-state index contributed by atoms with van der Waals surface area (Å²) >= 11 is 0. The lowest BCUT2D eigenvalue weighted by molar-refractivity contribution is 0.590. The van der Waals surface area contributed by atoms with Crippen LogP contribution >= 0.6 is 0 Å². The van der Waals surface area contributed by atoms with E-state index in [1.54, 1.807) is 0 Å². The summed E-state index contributed by atoms with van der Waals surface area (Å²) in [5, 5.41) is 13.4. The molecule has 4 aromatic heterocycles. The van der Waals surface area contributed by atoms with Gasteiger partial charge in [-0.1, -0.05) is 126 Å². The van der Waals surface area contributed by atoms with Gasteiger partial charge in [-0.25, -0.2) is 0 Å². The molecule has 0 amide bonds. The molecule has 0 bridgehead atoms. The molecule has 14 rings (SSSR count). The molecule has 274 valence electrons. The Morgan fingerprint density at radius 2 is 1.00 bits per heavy atom. The molecule has 58 heavy (non-hydrogen) atoms. The molecule has 0 atom stereocenters. The van der Waals surface area contributed by atoms with E-state index in [2.05, 4.69) is 188 Å². The summed E-state index contributed by atoms with van der Waals surface area (Å²) in [6, 6.07) is 51.6. The Bertz CT molecular complexity index is 3870.